The second kappa shape index (κ2) is 8.09. The Morgan fingerprint density at radius 3 is 1.85 bits per heavy atom. The first-order valence-corrected chi connectivity index (χ1v) is 10.5. The van der Waals surface area contributed by atoms with Gasteiger partial charge in [-0.1, -0.05) is 38.5 Å². The Bertz CT molecular complexity index is 660. The van der Waals surface area contributed by atoms with Crippen molar-refractivity contribution in [3.8, 4) is 0 Å². The van der Waals surface area contributed by atoms with E-state index in [-0.39, 0.29) is 30.1 Å². The molecular weight excluding hydrogens is 343 g/mol. The van der Waals surface area contributed by atoms with E-state index < -0.39 is 0 Å². The fourth-order valence-corrected chi connectivity index (χ4v) is 5.28. The lowest BCUT2D eigenvalue weighted by Gasteiger charge is -2.44. The molecule has 1 aliphatic heterocycles. The minimum Gasteiger partial charge on any atom is -0.286 e. The van der Waals surface area contributed by atoms with E-state index in [2.05, 4.69) is 4.90 Å². The summed E-state index contributed by atoms with van der Waals surface area (Å²) in [6.07, 6.45) is 12.2. The van der Waals surface area contributed by atoms with Crippen molar-refractivity contribution in [3.05, 3.63) is 30.1 Å². The molecule has 1 aromatic carbocycles. The maximum Gasteiger partial charge on any atom is 0.251 e. The predicted molar refractivity (Wildman–Crippen MR) is 103 cm³/mol. The molecule has 1 saturated heterocycles. The van der Waals surface area contributed by atoms with Gasteiger partial charge in [-0.2, -0.15) is 0 Å². The smallest absolute Gasteiger partial charge is 0.251 e. The number of hydrogen-bond donors (Lipinski definition) is 0. The molecule has 0 aromatic heterocycles. The van der Waals surface area contributed by atoms with Gasteiger partial charge in [0.1, 0.15) is 5.82 Å². The summed E-state index contributed by atoms with van der Waals surface area (Å²) in [6, 6.07) is 6.15. The molecule has 1 atom stereocenters. The average Bonchev–Trinajstić information content (AvgIpc) is 2.99. The molecule has 146 valence electrons. The van der Waals surface area contributed by atoms with Gasteiger partial charge in [0, 0.05) is 12.1 Å². The minimum atomic E-state index is -0.361. The quantitative estimate of drug-likeness (QED) is 0.735. The van der Waals surface area contributed by atoms with Crippen molar-refractivity contribution in [1.29, 1.82) is 0 Å². The van der Waals surface area contributed by atoms with Crippen LogP contribution in [0.2, 0.25) is 0 Å². The highest BCUT2D eigenvalue weighted by molar-refractivity contribution is 6.22. The van der Waals surface area contributed by atoms with Gasteiger partial charge >= 0.3 is 0 Å². The normalized spacial score (nSPS) is 25.6. The highest BCUT2D eigenvalue weighted by Crippen LogP contribution is 2.36. The van der Waals surface area contributed by atoms with Crippen LogP contribution in [-0.4, -0.2) is 34.8 Å². The number of halogens is 1. The zero-order valence-corrected chi connectivity index (χ0v) is 15.9. The lowest BCUT2D eigenvalue weighted by Crippen LogP contribution is -2.53. The van der Waals surface area contributed by atoms with E-state index in [9.17, 15) is 14.0 Å². The highest BCUT2D eigenvalue weighted by atomic mass is 19.1. The monoisotopic (exact) mass is 372 g/mol. The number of amides is 2. The van der Waals surface area contributed by atoms with Crippen molar-refractivity contribution in [1.82, 2.24) is 4.90 Å². The molecule has 1 heterocycles. The summed E-state index contributed by atoms with van der Waals surface area (Å²) in [6.45, 7) is 0. The first-order valence-electron chi connectivity index (χ1n) is 10.5. The predicted octanol–water partition coefficient (Wildman–Crippen LogP) is 4.43. The minimum absolute atomic E-state index is 0.122. The van der Waals surface area contributed by atoms with Crippen molar-refractivity contribution in [2.24, 2.45) is 0 Å². The van der Waals surface area contributed by atoms with Crippen molar-refractivity contribution < 1.29 is 14.0 Å². The summed E-state index contributed by atoms with van der Waals surface area (Å²) >= 11 is 0. The van der Waals surface area contributed by atoms with Crippen LogP contribution < -0.4 is 4.90 Å². The number of rotatable bonds is 4. The summed E-state index contributed by atoms with van der Waals surface area (Å²) < 4.78 is 13.3. The molecule has 2 saturated carbocycles. The van der Waals surface area contributed by atoms with E-state index in [0.717, 1.165) is 25.7 Å². The zero-order valence-electron chi connectivity index (χ0n) is 15.9. The molecular formula is C22H29FN2O2. The lowest BCUT2D eigenvalue weighted by molar-refractivity contribution is -0.124. The number of imide groups is 1. The Hall–Kier alpha value is -1.75. The van der Waals surface area contributed by atoms with Crippen molar-refractivity contribution >= 4 is 17.5 Å². The van der Waals surface area contributed by atoms with E-state index in [4.69, 9.17) is 0 Å². The molecule has 0 radical (unpaired) electrons. The second-order valence-corrected chi connectivity index (χ2v) is 8.29. The number of benzene rings is 1. The zero-order chi connectivity index (χ0) is 18.8. The van der Waals surface area contributed by atoms with Crippen LogP contribution in [0.3, 0.4) is 0 Å². The van der Waals surface area contributed by atoms with Gasteiger partial charge in [-0.05, 0) is 49.9 Å². The van der Waals surface area contributed by atoms with E-state index in [1.807, 2.05) is 0 Å². The standard InChI is InChI=1S/C22H29FN2O2/c23-16-11-13-19(14-12-16)25-21(26)15-20(22(25)27)24(17-7-3-1-4-8-17)18-9-5-2-6-10-18/h11-14,17-18,20H,1-10,15H2. The molecule has 0 N–H and O–H groups in total. The summed E-state index contributed by atoms with van der Waals surface area (Å²) in [5.74, 6) is -0.642. The van der Waals surface area contributed by atoms with Crippen LogP contribution in [0.25, 0.3) is 0 Å². The van der Waals surface area contributed by atoms with Gasteiger partial charge < -0.3 is 0 Å². The molecule has 5 heteroatoms. The molecule has 27 heavy (non-hydrogen) atoms. The van der Waals surface area contributed by atoms with E-state index >= 15 is 0 Å². The summed E-state index contributed by atoms with van der Waals surface area (Å²) in [5.41, 5.74) is 0.487. The Morgan fingerprint density at radius 1 is 0.815 bits per heavy atom. The molecule has 3 aliphatic rings. The average molecular weight is 372 g/mol. The molecule has 2 aliphatic carbocycles. The molecule has 3 fully saturated rings. The van der Waals surface area contributed by atoms with Crippen LogP contribution in [0.15, 0.2) is 24.3 Å². The maximum absolute atomic E-state index is 13.3. The van der Waals surface area contributed by atoms with Gasteiger partial charge in [0.2, 0.25) is 5.91 Å². The Kier molecular flexibility index (Phi) is 5.58. The molecule has 2 amide bonds. The van der Waals surface area contributed by atoms with E-state index in [0.29, 0.717) is 17.8 Å². The van der Waals surface area contributed by atoms with E-state index in [1.54, 1.807) is 0 Å². The summed E-state index contributed by atoms with van der Waals surface area (Å²) in [7, 11) is 0. The van der Waals surface area contributed by atoms with Gasteiger partial charge in [-0.3, -0.25) is 14.5 Å². The van der Waals surface area contributed by atoms with Crippen LogP contribution in [0, 0.1) is 5.82 Å². The molecule has 0 spiro atoms. The van der Waals surface area contributed by atoms with Crippen LogP contribution in [-0.2, 0) is 9.59 Å². The third-order valence-corrected chi connectivity index (χ3v) is 6.56. The van der Waals surface area contributed by atoms with Gasteiger partial charge in [0.25, 0.3) is 5.91 Å². The number of hydrogen-bond acceptors (Lipinski definition) is 3. The second-order valence-electron chi connectivity index (χ2n) is 8.29. The topological polar surface area (TPSA) is 40.6 Å². The Labute approximate surface area is 160 Å². The van der Waals surface area contributed by atoms with E-state index in [1.165, 1.54) is 67.7 Å². The Balaban J connectivity index is 1.60. The number of nitrogens with zero attached hydrogens (tertiary/aromatic N) is 2. The third-order valence-electron chi connectivity index (χ3n) is 6.56. The molecule has 1 unspecified atom stereocenters. The fourth-order valence-electron chi connectivity index (χ4n) is 5.28. The first-order chi connectivity index (χ1) is 13.1. The maximum atomic E-state index is 13.3. The summed E-state index contributed by atoms with van der Waals surface area (Å²) in [5, 5.41) is 0. The number of anilines is 1. The van der Waals surface area contributed by atoms with Gasteiger partial charge in [-0.25, -0.2) is 9.29 Å². The third kappa shape index (κ3) is 3.79. The number of carbonyl (C=O) groups is 2. The van der Waals surface area contributed by atoms with Crippen molar-refractivity contribution in [2.75, 3.05) is 4.90 Å². The molecule has 4 nitrogen and oxygen atoms in total. The Morgan fingerprint density at radius 2 is 1.33 bits per heavy atom. The van der Waals surface area contributed by atoms with Crippen molar-refractivity contribution in [2.45, 2.75) is 88.8 Å². The van der Waals surface area contributed by atoms with Gasteiger partial charge in [0.05, 0.1) is 18.2 Å². The van der Waals surface area contributed by atoms with Crippen molar-refractivity contribution in [3.63, 3.8) is 0 Å². The van der Waals surface area contributed by atoms with Gasteiger partial charge in [-0.15, -0.1) is 0 Å². The fraction of sp³-hybridized carbons (Fsp3) is 0.636. The number of carbonyl (C=O) groups excluding carboxylic acids is 2. The van der Waals surface area contributed by atoms with Gasteiger partial charge in [0.15, 0.2) is 0 Å². The summed E-state index contributed by atoms with van der Waals surface area (Å²) in [4.78, 5) is 29.7. The molecule has 0 bridgehead atoms. The largest absolute Gasteiger partial charge is 0.286 e. The molecule has 1 aromatic rings. The van der Waals surface area contributed by atoms with Crippen LogP contribution in [0.5, 0.6) is 0 Å². The first kappa shape index (κ1) is 18.6. The molecule has 4 rings (SSSR count). The lowest BCUT2D eigenvalue weighted by atomic mass is 9.87. The highest BCUT2D eigenvalue weighted by Gasteiger charge is 2.46. The van der Waals surface area contributed by atoms with Crippen LogP contribution in [0.1, 0.15) is 70.6 Å². The SMILES string of the molecule is O=C1CC(N(C2CCCCC2)C2CCCCC2)C(=O)N1c1ccc(F)cc1. The van der Waals surface area contributed by atoms with Crippen LogP contribution in [0.4, 0.5) is 10.1 Å². The van der Waals surface area contributed by atoms with Crippen LogP contribution >= 0.6 is 0 Å².